The standard InChI is InChI=1S/C23H25N3O5/c1-15(27)24-20-11-19(12-21(13-20)25-16(2)28)23(30)31-14-17-5-7-18(8-6-17)22(29)26-9-3-4-10-26/h5-8,11-13H,3-4,9-10,14H2,1-2H3,(H,24,27)(H,25,28). The number of nitrogens with zero attached hydrogens (tertiary/aromatic N) is 1. The van der Waals surface area contributed by atoms with E-state index in [9.17, 15) is 19.2 Å². The number of amides is 3. The van der Waals surface area contributed by atoms with Crippen molar-refractivity contribution >= 4 is 35.1 Å². The molecule has 0 saturated carbocycles. The number of nitrogens with one attached hydrogen (secondary N) is 2. The number of carbonyl (C=O) groups is 4. The zero-order valence-corrected chi connectivity index (χ0v) is 17.6. The Morgan fingerprint density at radius 2 is 1.39 bits per heavy atom. The van der Waals surface area contributed by atoms with Crippen LogP contribution in [-0.4, -0.2) is 41.7 Å². The van der Waals surface area contributed by atoms with Gasteiger partial charge in [-0.25, -0.2) is 4.79 Å². The lowest BCUT2D eigenvalue weighted by molar-refractivity contribution is -0.115. The minimum Gasteiger partial charge on any atom is -0.457 e. The Labute approximate surface area is 180 Å². The van der Waals surface area contributed by atoms with Crippen molar-refractivity contribution in [3.63, 3.8) is 0 Å². The van der Waals surface area contributed by atoms with Crippen LogP contribution in [-0.2, 0) is 20.9 Å². The highest BCUT2D eigenvalue weighted by atomic mass is 16.5. The molecule has 2 aromatic carbocycles. The molecular formula is C23H25N3O5. The highest BCUT2D eigenvalue weighted by Crippen LogP contribution is 2.21. The van der Waals surface area contributed by atoms with Gasteiger partial charge >= 0.3 is 5.97 Å². The normalized spacial score (nSPS) is 12.9. The van der Waals surface area contributed by atoms with Gasteiger partial charge in [-0.15, -0.1) is 0 Å². The van der Waals surface area contributed by atoms with Gasteiger partial charge in [0.15, 0.2) is 0 Å². The van der Waals surface area contributed by atoms with E-state index in [1.54, 1.807) is 30.3 Å². The first kappa shape index (κ1) is 22.0. The number of esters is 1. The van der Waals surface area contributed by atoms with Gasteiger partial charge in [0.05, 0.1) is 5.56 Å². The molecule has 2 aromatic rings. The molecule has 8 heteroatoms. The minimum absolute atomic E-state index is 0.0151. The van der Waals surface area contributed by atoms with E-state index in [4.69, 9.17) is 4.74 Å². The molecule has 1 fully saturated rings. The van der Waals surface area contributed by atoms with Gasteiger partial charge in [0.1, 0.15) is 6.61 Å². The number of likely N-dealkylation sites (tertiary alicyclic amines) is 1. The van der Waals surface area contributed by atoms with E-state index in [-0.39, 0.29) is 29.9 Å². The number of carbonyl (C=O) groups excluding carboxylic acids is 4. The summed E-state index contributed by atoms with van der Waals surface area (Å²) in [5, 5.41) is 5.19. The monoisotopic (exact) mass is 423 g/mol. The van der Waals surface area contributed by atoms with Crippen LogP contribution >= 0.6 is 0 Å². The molecule has 1 saturated heterocycles. The molecule has 0 unspecified atom stereocenters. The third-order valence-corrected chi connectivity index (χ3v) is 4.77. The first-order chi connectivity index (χ1) is 14.8. The topological polar surface area (TPSA) is 105 Å². The molecule has 1 aliphatic rings. The fraction of sp³-hybridized carbons (Fsp3) is 0.304. The number of hydrogen-bond donors (Lipinski definition) is 2. The molecular weight excluding hydrogens is 398 g/mol. The van der Waals surface area contributed by atoms with Crippen LogP contribution in [0.2, 0.25) is 0 Å². The maximum atomic E-state index is 12.5. The zero-order chi connectivity index (χ0) is 22.4. The van der Waals surface area contributed by atoms with Gasteiger partial charge in [-0.3, -0.25) is 14.4 Å². The third-order valence-electron chi connectivity index (χ3n) is 4.77. The number of benzene rings is 2. The van der Waals surface area contributed by atoms with Crippen molar-refractivity contribution in [3.05, 3.63) is 59.2 Å². The van der Waals surface area contributed by atoms with Crippen molar-refractivity contribution in [2.24, 2.45) is 0 Å². The summed E-state index contributed by atoms with van der Waals surface area (Å²) in [4.78, 5) is 49.5. The van der Waals surface area contributed by atoms with Gasteiger partial charge in [-0.2, -0.15) is 0 Å². The molecule has 0 spiro atoms. The lowest BCUT2D eigenvalue weighted by atomic mass is 10.1. The van der Waals surface area contributed by atoms with Crippen LogP contribution in [0, 0.1) is 0 Å². The quantitative estimate of drug-likeness (QED) is 0.695. The lowest BCUT2D eigenvalue weighted by Crippen LogP contribution is -2.27. The van der Waals surface area contributed by atoms with Crippen LogP contribution in [0.5, 0.6) is 0 Å². The SMILES string of the molecule is CC(=O)Nc1cc(NC(C)=O)cc(C(=O)OCc2ccc(C(=O)N3CCCC3)cc2)c1. The summed E-state index contributed by atoms with van der Waals surface area (Å²) in [6, 6.07) is 11.5. The molecule has 0 bridgehead atoms. The first-order valence-corrected chi connectivity index (χ1v) is 10.1. The average Bonchev–Trinajstić information content (AvgIpc) is 3.25. The summed E-state index contributed by atoms with van der Waals surface area (Å²) in [5.41, 5.74) is 2.29. The van der Waals surface area contributed by atoms with Crippen molar-refractivity contribution in [2.45, 2.75) is 33.3 Å². The Morgan fingerprint density at radius 3 is 1.90 bits per heavy atom. The molecule has 0 atom stereocenters. The van der Waals surface area contributed by atoms with Crippen LogP contribution in [0.1, 0.15) is 53.0 Å². The van der Waals surface area contributed by atoms with E-state index in [0.717, 1.165) is 31.5 Å². The lowest BCUT2D eigenvalue weighted by Gasteiger charge is -2.15. The minimum atomic E-state index is -0.601. The highest BCUT2D eigenvalue weighted by Gasteiger charge is 2.19. The molecule has 0 radical (unpaired) electrons. The average molecular weight is 423 g/mol. The Bertz CT molecular complexity index is 961. The van der Waals surface area contributed by atoms with E-state index in [0.29, 0.717) is 16.9 Å². The summed E-state index contributed by atoms with van der Waals surface area (Å²) in [7, 11) is 0. The largest absolute Gasteiger partial charge is 0.457 e. The maximum absolute atomic E-state index is 12.5. The predicted octanol–water partition coefficient (Wildman–Crippen LogP) is 3.20. The van der Waals surface area contributed by atoms with Gasteiger partial charge in [0, 0.05) is 43.9 Å². The summed E-state index contributed by atoms with van der Waals surface area (Å²) < 4.78 is 5.37. The number of hydrogen-bond acceptors (Lipinski definition) is 5. The molecule has 0 aromatic heterocycles. The Morgan fingerprint density at radius 1 is 0.839 bits per heavy atom. The molecule has 3 rings (SSSR count). The van der Waals surface area contributed by atoms with Crippen molar-refractivity contribution in [1.29, 1.82) is 0 Å². The number of ether oxygens (including phenoxy) is 1. The van der Waals surface area contributed by atoms with Gasteiger partial charge < -0.3 is 20.3 Å². The van der Waals surface area contributed by atoms with Crippen molar-refractivity contribution in [1.82, 2.24) is 4.90 Å². The molecule has 8 nitrogen and oxygen atoms in total. The van der Waals surface area contributed by atoms with Crippen LogP contribution in [0.25, 0.3) is 0 Å². The fourth-order valence-corrected chi connectivity index (χ4v) is 3.37. The number of rotatable bonds is 6. The molecule has 2 N–H and O–H groups in total. The Kier molecular flexibility index (Phi) is 7.02. The van der Waals surface area contributed by atoms with Crippen molar-refractivity contribution in [3.8, 4) is 0 Å². The predicted molar refractivity (Wildman–Crippen MR) is 116 cm³/mol. The second-order valence-corrected chi connectivity index (χ2v) is 7.43. The van der Waals surface area contributed by atoms with Gasteiger partial charge in [-0.05, 0) is 48.7 Å². The molecule has 31 heavy (non-hydrogen) atoms. The molecule has 1 aliphatic heterocycles. The smallest absolute Gasteiger partial charge is 0.338 e. The van der Waals surface area contributed by atoms with Crippen molar-refractivity contribution < 1.29 is 23.9 Å². The van der Waals surface area contributed by atoms with Crippen LogP contribution in [0.4, 0.5) is 11.4 Å². The summed E-state index contributed by atoms with van der Waals surface area (Å²) >= 11 is 0. The second kappa shape index (κ2) is 9.88. The van der Waals surface area contributed by atoms with E-state index < -0.39 is 5.97 Å². The van der Waals surface area contributed by atoms with E-state index in [1.165, 1.54) is 26.0 Å². The van der Waals surface area contributed by atoms with Crippen molar-refractivity contribution in [2.75, 3.05) is 23.7 Å². The third kappa shape index (κ3) is 6.15. The molecule has 3 amide bonds. The van der Waals surface area contributed by atoms with Gasteiger partial charge in [0.2, 0.25) is 11.8 Å². The number of anilines is 2. The summed E-state index contributed by atoms with van der Waals surface area (Å²) in [6.07, 6.45) is 2.07. The fourth-order valence-electron chi connectivity index (χ4n) is 3.37. The van der Waals surface area contributed by atoms with Gasteiger partial charge in [0.25, 0.3) is 5.91 Å². The maximum Gasteiger partial charge on any atom is 0.338 e. The molecule has 1 heterocycles. The molecule has 162 valence electrons. The Hall–Kier alpha value is -3.68. The Balaban J connectivity index is 1.66. The van der Waals surface area contributed by atoms with E-state index in [2.05, 4.69) is 10.6 Å². The van der Waals surface area contributed by atoms with Crippen LogP contribution < -0.4 is 10.6 Å². The van der Waals surface area contributed by atoms with Gasteiger partial charge in [-0.1, -0.05) is 12.1 Å². The second-order valence-electron chi connectivity index (χ2n) is 7.43. The summed E-state index contributed by atoms with van der Waals surface area (Å²) in [5.74, 6) is -1.19. The van der Waals surface area contributed by atoms with Crippen LogP contribution in [0.15, 0.2) is 42.5 Å². The van der Waals surface area contributed by atoms with E-state index in [1.807, 2.05) is 4.90 Å². The molecule has 0 aliphatic carbocycles. The highest BCUT2D eigenvalue weighted by molar-refractivity contribution is 5.98. The van der Waals surface area contributed by atoms with Crippen LogP contribution in [0.3, 0.4) is 0 Å². The summed E-state index contributed by atoms with van der Waals surface area (Å²) in [6.45, 7) is 4.30. The van der Waals surface area contributed by atoms with E-state index >= 15 is 0 Å². The zero-order valence-electron chi connectivity index (χ0n) is 17.6. The first-order valence-electron chi connectivity index (χ1n) is 10.1.